The summed E-state index contributed by atoms with van der Waals surface area (Å²) in [4.78, 5) is 33.1. The maximum Gasteiger partial charge on any atom is 0.239 e. The summed E-state index contributed by atoms with van der Waals surface area (Å²) in [5.74, 6) is -0.380. The molecule has 0 radical (unpaired) electrons. The van der Waals surface area contributed by atoms with E-state index < -0.39 is 5.25 Å². The second kappa shape index (κ2) is 8.99. The lowest BCUT2D eigenvalue weighted by Gasteiger charge is -2.12. The van der Waals surface area contributed by atoms with Crippen molar-refractivity contribution >= 4 is 39.9 Å². The number of carbonyl (C=O) groups excluding carboxylic acids is 2. The summed E-state index contributed by atoms with van der Waals surface area (Å²) in [5.41, 5.74) is 3.02. The fourth-order valence-corrected chi connectivity index (χ4v) is 4.25. The standard InChI is InChI=1S/C21H18N4O2S2/c1-12-17(13(2)26)9-16(10-22)20(23-12)29-14(3)19(27)25-21-24-18(11-28-21)15-7-5-4-6-8-15/h4-9,11,14H,1-3H3,(H,24,25,27). The number of nitrogens with one attached hydrogen (secondary N) is 1. The van der Waals surface area contributed by atoms with Crippen LogP contribution in [0.3, 0.4) is 0 Å². The first-order valence-electron chi connectivity index (χ1n) is 8.80. The molecule has 2 aromatic heterocycles. The van der Waals surface area contributed by atoms with Crippen molar-refractivity contribution in [2.75, 3.05) is 5.32 Å². The third-order valence-electron chi connectivity index (χ3n) is 4.14. The maximum atomic E-state index is 12.6. The van der Waals surface area contributed by atoms with E-state index in [0.29, 0.717) is 21.4 Å². The molecule has 3 aromatic rings. The minimum Gasteiger partial charge on any atom is -0.301 e. The minimum absolute atomic E-state index is 0.146. The topological polar surface area (TPSA) is 95.7 Å². The molecule has 1 amide bonds. The van der Waals surface area contributed by atoms with Crippen LogP contribution in [0.2, 0.25) is 0 Å². The number of amides is 1. The van der Waals surface area contributed by atoms with Gasteiger partial charge < -0.3 is 5.32 Å². The van der Waals surface area contributed by atoms with Gasteiger partial charge in [0.2, 0.25) is 5.91 Å². The quantitative estimate of drug-likeness (QED) is 0.457. The zero-order valence-corrected chi connectivity index (χ0v) is 17.7. The van der Waals surface area contributed by atoms with E-state index >= 15 is 0 Å². The predicted molar refractivity (Wildman–Crippen MR) is 115 cm³/mol. The van der Waals surface area contributed by atoms with Gasteiger partial charge in [-0.3, -0.25) is 9.59 Å². The number of hydrogen-bond donors (Lipinski definition) is 1. The average molecular weight is 423 g/mol. The van der Waals surface area contributed by atoms with Crippen LogP contribution in [0.25, 0.3) is 11.3 Å². The number of hydrogen-bond acceptors (Lipinski definition) is 7. The van der Waals surface area contributed by atoms with Gasteiger partial charge in [0.05, 0.1) is 16.5 Å². The van der Waals surface area contributed by atoms with Gasteiger partial charge in [0.25, 0.3) is 0 Å². The summed E-state index contributed by atoms with van der Waals surface area (Å²) in [5, 5.41) is 14.5. The highest BCUT2D eigenvalue weighted by molar-refractivity contribution is 8.00. The summed E-state index contributed by atoms with van der Waals surface area (Å²) < 4.78 is 0. The Bertz CT molecular complexity index is 1100. The molecule has 0 aliphatic heterocycles. The highest BCUT2D eigenvalue weighted by Crippen LogP contribution is 2.29. The van der Waals surface area contributed by atoms with Crippen molar-refractivity contribution in [2.24, 2.45) is 0 Å². The van der Waals surface area contributed by atoms with E-state index in [2.05, 4.69) is 21.4 Å². The van der Waals surface area contributed by atoms with Crippen LogP contribution in [0.4, 0.5) is 5.13 Å². The highest BCUT2D eigenvalue weighted by atomic mass is 32.2. The molecule has 1 aromatic carbocycles. The lowest BCUT2D eigenvalue weighted by atomic mass is 10.1. The van der Waals surface area contributed by atoms with E-state index in [1.54, 1.807) is 13.8 Å². The number of aromatic nitrogens is 2. The normalized spacial score (nSPS) is 11.5. The van der Waals surface area contributed by atoms with Gasteiger partial charge in [-0.2, -0.15) is 5.26 Å². The number of thioether (sulfide) groups is 1. The Kier molecular flexibility index (Phi) is 6.42. The number of anilines is 1. The van der Waals surface area contributed by atoms with Gasteiger partial charge in [0.1, 0.15) is 11.1 Å². The molecule has 0 bridgehead atoms. The zero-order valence-electron chi connectivity index (χ0n) is 16.1. The SMILES string of the molecule is CC(=O)c1cc(C#N)c(SC(C)C(=O)Nc2nc(-c3ccccc3)cs2)nc1C. The van der Waals surface area contributed by atoms with Gasteiger partial charge in [0, 0.05) is 22.2 Å². The number of nitriles is 1. The van der Waals surface area contributed by atoms with Crippen molar-refractivity contribution in [3.05, 3.63) is 58.6 Å². The minimum atomic E-state index is -0.499. The Morgan fingerprint density at radius 1 is 1.24 bits per heavy atom. The summed E-state index contributed by atoms with van der Waals surface area (Å²) >= 11 is 2.53. The smallest absolute Gasteiger partial charge is 0.239 e. The van der Waals surface area contributed by atoms with Crippen molar-refractivity contribution in [1.82, 2.24) is 9.97 Å². The van der Waals surface area contributed by atoms with Crippen LogP contribution in [-0.2, 0) is 4.79 Å². The number of aryl methyl sites for hydroxylation is 1. The molecular weight excluding hydrogens is 404 g/mol. The maximum absolute atomic E-state index is 12.6. The summed E-state index contributed by atoms with van der Waals surface area (Å²) in [7, 11) is 0. The molecule has 0 saturated heterocycles. The van der Waals surface area contributed by atoms with Crippen LogP contribution in [0.15, 0.2) is 46.8 Å². The third-order valence-corrected chi connectivity index (χ3v) is 6.00. The molecule has 2 heterocycles. The molecular formula is C21H18N4O2S2. The van der Waals surface area contributed by atoms with E-state index in [4.69, 9.17) is 0 Å². The summed E-state index contributed by atoms with van der Waals surface area (Å²) in [6.45, 7) is 4.89. The zero-order chi connectivity index (χ0) is 21.0. The first kappa shape index (κ1) is 20.7. The Labute approximate surface area is 177 Å². The van der Waals surface area contributed by atoms with E-state index in [1.165, 1.54) is 36.1 Å². The van der Waals surface area contributed by atoms with Gasteiger partial charge in [-0.15, -0.1) is 11.3 Å². The van der Waals surface area contributed by atoms with Crippen LogP contribution in [0, 0.1) is 18.3 Å². The molecule has 8 heteroatoms. The lowest BCUT2D eigenvalue weighted by Crippen LogP contribution is -2.22. The Balaban J connectivity index is 1.72. The van der Waals surface area contributed by atoms with Crippen molar-refractivity contribution in [2.45, 2.75) is 31.0 Å². The van der Waals surface area contributed by atoms with Gasteiger partial charge in [-0.25, -0.2) is 9.97 Å². The van der Waals surface area contributed by atoms with Gasteiger partial charge in [-0.05, 0) is 26.8 Å². The van der Waals surface area contributed by atoms with Gasteiger partial charge in [-0.1, -0.05) is 42.1 Å². The molecule has 0 aliphatic carbocycles. The van der Waals surface area contributed by atoms with Crippen LogP contribution >= 0.6 is 23.1 Å². The summed E-state index contributed by atoms with van der Waals surface area (Å²) in [6, 6.07) is 13.3. The molecule has 6 nitrogen and oxygen atoms in total. The molecule has 0 fully saturated rings. The largest absolute Gasteiger partial charge is 0.301 e. The molecule has 1 atom stereocenters. The van der Waals surface area contributed by atoms with E-state index in [0.717, 1.165) is 11.3 Å². The first-order chi connectivity index (χ1) is 13.9. The highest BCUT2D eigenvalue weighted by Gasteiger charge is 2.20. The number of ketones is 1. The number of Topliss-reactive ketones (excluding diaryl/α,β-unsaturated/α-hetero) is 1. The molecule has 3 rings (SSSR count). The van der Waals surface area contributed by atoms with Crippen LogP contribution in [0.5, 0.6) is 0 Å². The predicted octanol–water partition coefficient (Wildman–Crippen LogP) is 4.71. The molecule has 0 saturated carbocycles. The second-order valence-electron chi connectivity index (χ2n) is 6.30. The van der Waals surface area contributed by atoms with Crippen LogP contribution in [-0.4, -0.2) is 26.9 Å². The Morgan fingerprint density at radius 2 is 1.97 bits per heavy atom. The van der Waals surface area contributed by atoms with Crippen LogP contribution < -0.4 is 5.32 Å². The Morgan fingerprint density at radius 3 is 2.62 bits per heavy atom. The van der Waals surface area contributed by atoms with E-state index in [-0.39, 0.29) is 17.3 Å². The first-order valence-corrected chi connectivity index (χ1v) is 10.6. The molecule has 1 N–H and O–H groups in total. The second-order valence-corrected chi connectivity index (χ2v) is 8.48. The lowest BCUT2D eigenvalue weighted by molar-refractivity contribution is -0.115. The molecule has 1 unspecified atom stereocenters. The monoisotopic (exact) mass is 422 g/mol. The average Bonchev–Trinajstić information content (AvgIpc) is 3.17. The third kappa shape index (κ3) is 4.88. The molecule has 146 valence electrons. The molecule has 29 heavy (non-hydrogen) atoms. The van der Waals surface area contributed by atoms with Crippen molar-refractivity contribution in [3.8, 4) is 17.3 Å². The van der Waals surface area contributed by atoms with Crippen molar-refractivity contribution < 1.29 is 9.59 Å². The summed E-state index contributed by atoms with van der Waals surface area (Å²) in [6.07, 6.45) is 0. The fourth-order valence-electron chi connectivity index (χ4n) is 2.61. The van der Waals surface area contributed by atoms with E-state index in [1.807, 2.05) is 35.7 Å². The number of pyridine rings is 1. The number of rotatable bonds is 6. The van der Waals surface area contributed by atoms with Gasteiger partial charge in [0.15, 0.2) is 10.9 Å². The number of benzene rings is 1. The number of thiazole rings is 1. The molecule has 0 aliphatic rings. The van der Waals surface area contributed by atoms with Crippen molar-refractivity contribution in [1.29, 1.82) is 5.26 Å². The Hall–Kier alpha value is -3.02. The van der Waals surface area contributed by atoms with Gasteiger partial charge >= 0.3 is 0 Å². The fraction of sp³-hybridized carbons (Fsp3) is 0.190. The van der Waals surface area contributed by atoms with E-state index in [9.17, 15) is 14.9 Å². The number of nitrogens with zero attached hydrogens (tertiary/aromatic N) is 3. The van der Waals surface area contributed by atoms with Crippen molar-refractivity contribution in [3.63, 3.8) is 0 Å². The number of carbonyl (C=O) groups is 2. The van der Waals surface area contributed by atoms with Crippen LogP contribution in [0.1, 0.15) is 35.5 Å². The molecule has 0 spiro atoms.